The molecule has 0 bridgehead atoms. The number of aryl methyl sites for hydroxylation is 2. The summed E-state index contributed by atoms with van der Waals surface area (Å²) in [6, 6.07) is 3.53. The van der Waals surface area contributed by atoms with Gasteiger partial charge in [-0.25, -0.2) is 4.79 Å². The number of carbonyl (C=O) groups excluding carboxylic acids is 2. The molecule has 2 N–H and O–H groups in total. The Balaban J connectivity index is 2.71. The number of hydrogen-bond acceptors (Lipinski definition) is 6. The minimum Gasteiger partial charge on any atom is -0.470 e. The fourth-order valence-corrected chi connectivity index (χ4v) is 1.82. The molecule has 7 heteroatoms. The van der Waals surface area contributed by atoms with Gasteiger partial charge in [-0.05, 0) is 42.7 Å². The fourth-order valence-electron chi connectivity index (χ4n) is 1.82. The zero-order valence-corrected chi connectivity index (χ0v) is 12.2. The lowest BCUT2D eigenvalue weighted by molar-refractivity contribution is -0.139. The molecular weight excluding hydrogens is 273 g/mol. The normalized spacial score (nSPS) is 10.2. The van der Waals surface area contributed by atoms with E-state index in [4.69, 9.17) is 27.8 Å². The first-order chi connectivity index (χ1) is 9.93. The van der Waals surface area contributed by atoms with Gasteiger partial charge in [0.1, 0.15) is 19.0 Å². The van der Waals surface area contributed by atoms with Crippen LogP contribution < -0.4 is 10.5 Å². The standard InChI is InChI=1S/C14H18BNO5/c1-9-5-11(7-20-14(15)18)6-10(2)13(9)21-12(17)8-19-4-3-16/h5-6H,3-4,7-8,16H2,1-2H3. The first-order valence-electron chi connectivity index (χ1n) is 6.45. The molecule has 6 nitrogen and oxygen atoms in total. The van der Waals surface area contributed by atoms with Gasteiger partial charge in [-0.3, -0.25) is 4.79 Å². The predicted molar refractivity (Wildman–Crippen MR) is 77.4 cm³/mol. The first-order valence-corrected chi connectivity index (χ1v) is 6.45. The molecule has 0 unspecified atom stereocenters. The van der Waals surface area contributed by atoms with Crippen molar-refractivity contribution in [2.24, 2.45) is 5.73 Å². The second-order valence-electron chi connectivity index (χ2n) is 4.48. The van der Waals surface area contributed by atoms with Crippen LogP contribution in [0, 0.1) is 13.8 Å². The maximum Gasteiger partial charge on any atom is 0.337 e. The minimum absolute atomic E-state index is 0.0743. The average Bonchev–Trinajstić information content (AvgIpc) is 2.41. The summed E-state index contributed by atoms with van der Waals surface area (Å²) in [5.74, 6) is -0.854. The molecule has 0 amide bonds. The Bertz CT molecular complexity index is 495. The van der Waals surface area contributed by atoms with Crippen molar-refractivity contribution in [2.45, 2.75) is 20.5 Å². The van der Waals surface area contributed by atoms with Crippen LogP contribution in [0.1, 0.15) is 16.7 Å². The van der Waals surface area contributed by atoms with E-state index in [1.165, 1.54) is 0 Å². The molecule has 0 aliphatic rings. The van der Waals surface area contributed by atoms with Gasteiger partial charge in [-0.2, -0.15) is 0 Å². The van der Waals surface area contributed by atoms with Gasteiger partial charge in [0.15, 0.2) is 0 Å². The molecule has 112 valence electrons. The van der Waals surface area contributed by atoms with Crippen LogP contribution in [0.3, 0.4) is 0 Å². The van der Waals surface area contributed by atoms with E-state index >= 15 is 0 Å². The molecule has 2 radical (unpaired) electrons. The van der Waals surface area contributed by atoms with Gasteiger partial charge in [-0.1, -0.05) is 0 Å². The predicted octanol–water partition coefficient (Wildman–Crippen LogP) is 0.989. The summed E-state index contributed by atoms with van der Waals surface area (Å²) >= 11 is 0. The van der Waals surface area contributed by atoms with Crippen LogP contribution in [0.25, 0.3) is 0 Å². The maximum absolute atomic E-state index is 11.6. The van der Waals surface area contributed by atoms with Gasteiger partial charge in [0.2, 0.25) is 13.7 Å². The van der Waals surface area contributed by atoms with Gasteiger partial charge >= 0.3 is 5.97 Å². The highest BCUT2D eigenvalue weighted by Crippen LogP contribution is 2.25. The Kier molecular flexibility index (Phi) is 6.91. The molecule has 1 aromatic carbocycles. The molecule has 1 rings (SSSR count). The van der Waals surface area contributed by atoms with E-state index in [1.54, 1.807) is 26.0 Å². The summed E-state index contributed by atoms with van der Waals surface area (Å²) < 4.78 is 15.0. The van der Waals surface area contributed by atoms with Crippen LogP contribution in [0.4, 0.5) is 4.79 Å². The average molecular weight is 291 g/mol. The van der Waals surface area contributed by atoms with Crippen molar-refractivity contribution in [1.82, 2.24) is 0 Å². The third-order valence-electron chi connectivity index (χ3n) is 2.60. The van der Waals surface area contributed by atoms with Crippen molar-refractivity contribution in [3.8, 4) is 5.75 Å². The minimum atomic E-state index is -0.835. The van der Waals surface area contributed by atoms with Crippen LogP contribution in [0.15, 0.2) is 12.1 Å². The zero-order valence-electron chi connectivity index (χ0n) is 12.2. The maximum atomic E-state index is 11.6. The van der Waals surface area contributed by atoms with E-state index in [2.05, 4.69) is 0 Å². The number of nitrogens with two attached hydrogens (primary N) is 1. The Morgan fingerprint density at radius 1 is 1.24 bits per heavy atom. The van der Waals surface area contributed by atoms with E-state index < -0.39 is 11.8 Å². The Morgan fingerprint density at radius 3 is 2.38 bits per heavy atom. The zero-order chi connectivity index (χ0) is 15.8. The quantitative estimate of drug-likeness (QED) is 0.349. The summed E-state index contributed by atoms with van der Waals surface area (Å²) in [5, 5.41) is 0. The topological polar surface area (TPSA) is 87.8 Å². The van der Waals surface area contributed by atoms with Gasteiger partial charge in [0.25, 0.3) is 0 Å². The fraction of sp³-hybridized carbons (Fsp3) is 0.429. The number of ether oxygens (including phenoxy) is 3. The molecular formula is C14H18BNO5. The lowest BCUT2D eigenvalue weighted by Gasteiger charge is -2.13. The van der Waals surface area contributed by atoms with E-state index in [9.17, 15) is 9.59 Å². The molecule has 0 saturated carbocycles. The van der Waals surface area contributed by atoms with E-state index in [0.29, 0.717) is 18.9 Å². The van der Waals surface area contributed by atoms with Crippen molar-refractivity contribution in [3.63, 3.8) is 0 Å². The second kappa shape index (κ2) is 8.44. The van der Waals surface area contributed by atoms with Gasteiger partial charge in [0, 0.05) is 6.54 Å². The second-order valence-corrected chi connectivity index (χ2v) is 4.48. The first kappa shape index (κ1) is 17.2. The molecule has 0 spiro atoms. The van der Waals surface area contributed by atoms with Crippen molar-refractivity contribution in [3.05, 3.63) is 28.8 Å². The van der Waals surface area contributed by atoms with Crippen LogP contribution in [-0.2, 0) is 20.9 Å². The SMILES string of the molecule is [B]C(=O)OCc1cc(C)c(OC(=O)COCCN)c(C)c1. The Labute approximate surface area is 125 Å². The molecule has 0 aromatic heterocycles. The van der Waals surface area contributed by atoms with Gasteiger partial charge in [-0.15, -0.1) is 0 Å². The number of hydrogen-bond donors (Lipinski definition) is 1. The number of rotatable bonds is 7. The lowest BCUT2D eigenvalue weighted by atomic mass is 10.1. The molecule has 1 aromatic rings. The highest BCUT2D eigenvalue weighted by molar-refractivity contribution is 6.55. The largest absolute Gasteiger partial charge is 0.470 e. The lowest BCUT2D eigenvalue weighted by Crippen LogP contribution is -2.19. The summed E-state index contributed by atoms with van der Waals surface area (Å²) in [7, 11) is 4.92. The van der Waals surface area contributed by atoms with Crippen molar-refractivity contribution in [2.75, 3.05) is 19.8 Å². The summed E-state index contributed by atoms with van der Waals surface area (Å²) in [5.41, 5.74) is 7.54. The Hall–Kier alpha value is -1.86. The summed E-state index contributed by atoms with van der Waals surface area (Å²) in [6.07, 6.45) is 0. The van der Waals surface area contributed by atoms with Crippen molar-refractivity contribution >= 4 is 19.7 Å². The Morgan fingerprint density at radius 2 is 1.86 bits per heavy atom. The molecule has 0 aliphatic carbocycles. The molecule has 0 heterocycles. The number of carbonyl (C=O) groups is 2. The third-order valence-corrected chi connectivity index (χ3v) is 2.60. The summed E-state index contributed by atoms with van der Waals surface area (Å²) in [6.45, 7) is 4.16. The van der Waals surface area contributed by atoms with Gasteiger partial charge < -0.3 is 19.9 Å². The monoisotopic (exact) mass is 291 g/mol. The van der Waals surface area contributed by atoms with E-state index in [-0.39, 0.29) is 13.2 Å². The molecule has 21 heavy (non-hydrogen) atoms. The van der Waals surface area contributed by atoms with Crippen LogP contribution >= 0.6 is 0 Å². The van der Waals surface area contributed by atoms with Crippen LogP contribution in [0.5, 0.6) is 5.75 Å². The summed E-state index contributed by atoms with van der Waals surface area (Å²) in [4.78, 5) is 22.2. The number of esters is 1. The third kappa shape index (κ3) is 5.97. The molecule has 0 saturated heterocycles. The van der Waals surface area contributed by atoms with Crippen molar-refractivity contribution < 1.29 is 23.8 Å². The molecule has 0 aliphatic heterocycles. The number of benzene rings is 1. The highest BCUT2D eigenvalue weighted by atomic mass is 16.6. The van der Waals surface area contributed by atoms with E-state index in [1.807, 2.05) is 0 Å². The van der Waals surface area contributed by atoms with Crippen molar-refractivity contribution in [1.29, 1.82) is 0 Å². The highest BCUT2D eigenvalue weighted by Gasteiger charge is 2.12. The smallest absolute Gasteiger partial charge is 0.337 e. The van der Waals surface area contributed by atoms with E-state index in [0.717, 1.165) is 16.7 Å². The van der Waals surface area contributed by atoms with Crippen LogP contribution in [-0.4, -0.2) is 39.4 Å². The molecule has 0 fully saturated rings. The van der Waals surface area contributed by atoms with Crippen LogP contribution in [0.2, 0.25) is 0 Å². The van der Waals surface area contributed by atoms with Gasteiger partial charge in [0.05, 0.1) is 6.61 Å². The molecule has 0 atom stereocenters.